The van der Waals surface area contributed by atoms with E-state index in [1.165, 1.54) is 121 Å². The Balaban J connectivity index is 0.000000307. The van der Waals surface area contributed by atoms with Crippen LogP contribution in [-0.4, -0.2) is 11.0 Å². The second-order valence-electron chi connectivity index (χ2n) is 11.0. The van der Waals surface area contributed by atoms with E-state index in [1.807, 2.05) is 0 Å². The van der Waals surface area contributed by atoms with E-state index in [-0.39, 0.29) is 21.5 Å². The molecule has 2 aromatic carbocycles. The first-order valence-corrected chi connectivity index (χ1v) is 17.3. The van der Waals surface area contributed by atoms with Gasteiger partial charge < -0.3 is 10.4 Å². The van der Waals surface area contributed by atoms with Gasteiger partial charge in [-0.1, -0.05) is 112 Å². The first-order valence-electron chi connectivity index (χ1n) is 15.7. The lowest BCUT2D eigenvalue weighted by atomic mass is 10.0. The molecule has 0 fully saturated rings. The van der Waals surface area contributed by atoms with Gasteiger partial charge in [-0.2, -0.15) is 13.2 Å². The van der Waals surface area contributed by atoms with Crippen LogP contribution >= 0.6 is 31.9 Å². The molecule has 0 saturated heterocycles. The molecule has 4 nitrogen and oxygen atoms in total. The maximum atomic E-state index is 12.6. The van der Waals surface area contributed by atoms with Crippen LogP contribution in [0.25, 0.3) is 0 Å². The molecule has 0 atom stereocenters. The summed E-state index contributed by atoms with van der Waals surface area (Å²) < 4.78 is 41.0. The first kappa shape index (κ1) is 37.8. The molecule has 242 valence electrons. The fraction of sp³-hybridized carbons (Fsp3) is 0.486. The summed E-state index contributed by atoms with van der Waals surface area (Å²) in [6.07, 6.45) is 19.9. The van der Waals surface area contributed by atoms with Crippen molar-refractivity contribution in [2.45, 2.75) is 110 Å². The van der Waals surface area contributed by atoms with Crippen molar-refractivity contribution in [1.29, 1.82) is 0 Å². The Bertz CT molecular complexity index is 1240. The molecule has 2 N–H and O–H groups in total. The predicted molar refractivity (Wildman–Crippen MR) is 180 cm³/mol. The van der Waals surface area contributed by atoms with E-state index in [1.54, 1.807) is 0 Å². The molecule has 0 aliphatic carbocycles. The van der Waals surface area contributed by atoms with Crippen LogP contribution in [0, 0.1) is 0 Å². The molecule has 0 spiro atoms. The number of nitrogens with one attached hydrogen (secondary N) is 1. The number of alkyl halides is 3. The number of halogens is 5. The van der Waals surface area contributed by atoms with E-state index in [2.05, 4.69) is 79.3 Å². The van der Waals surface area contributed by atoms with E-state index in [4.69, 9.17) is 0 Å². The van der Waals surface area contributed by atoms with Gasteiger partial charge in [-0.05, 0) is 52.7 Å². The average molecular weight is 744 g/mol. The van der Waals surface area contributed by atoms with Crippen LogP contribution in [0.1, 0.15) is 113 Å². The van der Waals surface area contributed by atoms with Gasteiger partial charge >= 0.3 is 6.18 Å². The lowest BCUT2D eigenvalue weighted by Gasteiger charge is -2.11. The maximum Gasteiger partial charge on any atom is 0.416 e. The van der Waals surface area contributed by atoms with Gasteiger partial charge in [-0.15, -0.1) is 0 Å². The van der Waals surface area contributed by atoms with Gasteiger partial charge in [0.1, 0.15) is 12.3 Å². The van der Waals surface area contributed by atoms with Gasteiger partial charge in [0, 0.05) is 28.7 Å². The molecule has 3 aromatic rings. The summed E-state index contributed by atoms with van der Waals surface area (Å²) >= 11 is 6.25. The third kappa shape index (κ3) is 15.6. The van der Waals surface area contributed by atoms with Gasteiger partial charge in [-0.3, -0.25) is 4.79 Å². The number of unbranched alkanes of at least 4 members (excludes halogenated alkanes) is 13. The van der Waals surface area contributed by atoms with Crippen LogP contribution in [0.15, 0.2) is 75.9 Å². The lowest BCUT2D eigenvalue weighted by Crippen LogP contribution is -2.32. The molecule has 0 aliphatic heterocycles. The molecule has 44 heavy (non-hydrogen) atoms. The number of rotatable bonds is 17. The molecular weight excluding hydrogens is 697 g/mol. The van der Waals surface area contributed by atoms with Gasteiger partial charge in [-0.25, -0.2) is 4.57 Å². The number of carbonyl (C=O) groups is 1. The van der Waals surface area contributed by atoms with Crippen molar-refractivity contribution in [1.82, 2.24) is 0 Å². The molecule has 0 saturated carbocycles. The van der Waals surface area contributed by atoms with Crippen molar-refractivity contribution < 1.29 is 27.6 Å². The molecule has 3 rings (SSSR count). The number of nitrogens with zero attached hydrogens (tertiary/aromatic N) is 1. The zero-order valence-electron chi connectivity index (χ0n) is 25.6. The van der Waals surface area contributed by atoms with Gasteiger partial charge in [0.25, 0.3) is 5.91 Å². The highest BCUT2D eigenvalue weighted by atomic mass is 79.9. The van der Waals surface area contributed by atoms with Crippen molar-refractivity contribution in [2.24, 2.45) is 0 Å². The predicted octanol–water partition coefficient (Wildman–Crippen LogP) is 11.6. The number of aryl methyl sites for hydroxylation is 1. The first-order chi connectivity index (χ1) is 21.1. The van der Waals surface area contributed by atoms with E-state index in [0.29, 0.717) is 4.47 Å². The Morgan fingerprint density at radius 2 is 1.32 bits per heavy atom. The van der Waals surface area contributed by atoms with Gasteiger partial charge in [0.15, 0.2) is 12.4 Å². The normalized spacial score (nSPS) is 11.1. The molecular formula is C35H46Br2F3N2O2+. The summed E-state index contributed by atoms with van der Waals surface area (Å²) in [4.78, 5) is 12.1. The summed E-state index contributed by atoms with van der Waals surface area (Å²) in [6.45, 7) is 3.47. The second kappa shape index (κ2) is 21.4. The topological polar surface area (TPSA) is 53.2 Å². The van der Waals surface area contributed by atoms with E-state index < -0.39 is 17.6 Å². The number of hydrogen-bond acceptors (Lipinski definition) is 2. The van der Waals surface area contributed by atoms with Crippen LogP contribution in [0.5, 0.6) is 5.75 Å². The standard InChI is InChI=1S/C21H38N.C14H8Br2F3NO2/c1-2-3-4-5-6-7-8-9-10-11-12-13-14-16-19-22-20-17-15-18-21-22;15-8-5-10(12(21)11(16)6-8)13(22)20-9-3-1-2-7(4-9)14(17,18)19/h15,17-18,20-21H,2-14,16,19H2,1H3;1-6,21H,(H,20,22)/q+1;. The smallest absolute Gasteiger partial charge is 0.416 e. The summed E-state index contributed by atoms with van der Waals surface area (Å²) in [5.41, 5.74) is -0.959. The summed E-state index contributed by atoms with van der Waals surface area (Å²) in [6, 6.07) is 13.5. The number of aromatic hydroxyl groups is 1. The van der Waals surface area contributed by atoms with Gasteiger partial charge in [0.05, 0.1) is 15.6 Å². The summed E-state index contributed by atoms with van der Waals surface area (Å²) in [5, 5.41) is 12.2. The highest BCUT2D eigenvalue weighted by Gasteiger charge is 2.30. The van der Waals surface area contributed by atoms with Crippen LogP contribution in [0.3, 0.4) is 0 Å². The van der Waals surface area contributed by atoms with E-state index in [0.717, 1.165) is 12.1 Å². The number of aromatic nitrogens is 1. The highest BCUT2D eigenvalue weighted by molar-refractivity contribution is 9.11. The zero-order valence-corrected chi connectivity index (χ0v) is 28.8. The number of carbonyl (C=O) groups excluding carboxylic acids is 1. The highest BCUT2D eigenvalue weighted by Crippen LogP contribution is 2.33. The molecule has 1 aromatic heterocycles. The largest absolute Gasteiger partial charge is 0.506 e. The molecule has 0 aliphatic rings. The number of pyridine rings is 1. The van der Waals surface area contributed by atoms with E-state index in [9.17, 15) is 23.1 Å². The van der Waals surface area contributed by atoms with Crippen molar-refractivity contribution in [3.63, 3.8) is 0 Å². The van der Waals surface area contributed by atoms with Crippen LogP contribution in [-0.2, 0) is 12.7 Å². The minimum absolute atomic E-state index is 0.0182. The Hall–Kier alpha value is -2.39. The Morgan fingerprint density at radius 1 is 0.773 bits per heavy atom. The van der Waals surface area contributed by atoms with E-state index >= 15 is 0 Å². The van der Waals surface area contributed by atoms with Crippen molar-refractivity contribution in [3.05, 3.63) is 87.1 Å². The fourth-order valence-corrected chi connectivity index (χ4v) is 6.01. The number of phenolic OH excluding ortho intramolecular Hbond substituents is 1. The van der Waals surface area contributed by atoms with Crippen LogP contribution < -0.4 is 9.88 Å². The third-order valence-corrected chi connectivity index (χ3v) is 8.33. The quantitative estimate of drug-likeness (QED) is 0.107. The minimum Gasteiger partial charge on any atom is -0.506 e. The lowest BCUT2D eigenvalue weighted by molar-refractivity contribution is -0.697. The SMILES string of the molecule is CCCCCCCCCCCCCCCC[n+]1ccccc1.O=C(Nc1cccc(C(F)(F)F)c1)c1cc(Br)cc(Br)c1O. The Labute approximate surface area is 277 Å². The molecule has 0 bridgehead atoms. The summed E-state index contributed by atoms with van der Waals surface area (Å²) in [7, 11) is 0. The third-order valence-electron chi connectivity index (χ3n) is 7.27. The Morgan fingerprint density at radius 3 is 1.86 bits per heavy atom. The van der Waals surface area contributed by atoms with Crippen molar-refractivity contribution in [2.75, 3.05) is 5.32 Å². The number of amides is 1. The van der Waals surface area contributed by atoms with Crippen molar-refractivity contribution >= 4 is 43.5 Å². The van der Waals surface area contributed by atoms with Crippen LogP contribution in [0.2, 0.25) is 0 Å². The maximum absolute atomic E-state index is 12.6. The number of hydrogen-bond donors (Lipinski definition) is 2. The summed E-state index contributed by atoms with van der Waals surface area (Å²) in [5.74, 6) is -1.02. The van der Waals surface area contributed by atoms with Crippen molar-refractivity contribution in [3.8, 4) is 5.75 Å². The number of anilines is 1. The number of benzene rings is 2. The minimum atomic E-state index is -4.50. The second-order valence-corrected chi connectivity index (χ2v) is 12.8. The molecule has 9 heteroatoms. The molecule has 1 heterocycles. The number of phenols is 1. The average Bonchev–Trinajstić information content (AvgIpc) is 2.99. The van der Waals surface area contributed by atoms with Gasteiger partial charge in [0.2, 0.25) is 0 Å². The fourth-order valence-electron chi connectivity index (χ4n) is 4.78. The monoisotopic (exact) mass is 741 g/mol. The molecule has 1 amide bonds. The Kier molecular flexibility index (Phi) is 18.4. The molecule has 0 radical (unpaired) electrons. The van der Waals surface area contributed by atoms with Crippen LogP contribution in [0.4, 0.5) is 18.9 Å². The molecule has 0 unspecified atom stereocenters. The zero-order chi connectivity index (χ0) is 32.2.